The number of hydrogen-bond donors (Lipinski definition) is 1. The molecule has 0 spiro atoms. The highest BCUT2D eigenvalue weighted by Gasteiger charge is 2.07. The Bertz CT molecular complexity index is 289. The first-order valence-electron chi connectivity index (χ1n) is 5.58. The zero-order chi connectivity index (χ0) is 11.3. The summed E-state index contributed by atoms with van der Waals surface area (Å²) in [5, 5.41) is 0. The number of aryl methyl sites for hydroxylation is 2. The molecule has 1 aromatic rings. The van der Waals surface area contributed by atoms with Crippen LogP contribution in [0, 0.1) is 13.8 Å². The fraction of sp³-hybridized carbons (Fsp3) is 0.538. The fourth-order valence-corrected chi connectivity index (χ4v) is 1.65. The van der Waals surface area contributed by atoms with Gasteiger partial charge >= 0.3 is 0 Å². The van der Waals surface area contributed by atoms with Crippen molar-refractivity contribution in [3.63, 3.8) is 0 Å². The molecular formula is C13H21NO. The Morgan fingerprint density at radius 2 is 1.87 bits per heavy atom. The molecule has 1 unspecified atom stereocenters. The molecule has 0 amide bonds. The molecular weight excluding hydrogens is 186 g/mol. The van der Waals surface area contributed by atoms with Crippen molar-refractivity contribution in [1.82, 2.24) is 0 Å². The minimum atomic E-state index is 0.244. The van der Waals surface area contributed by atoms with Gasteiger partial charge in [-0.1, -0.05) is 18.2 Å². The van der Waals surface area contributed by atoms with Crippen LogP contribution in [0.4, 0.5) is 0 Å². The molecule has 0 aliphatic heterocycles. The molecule has 84 valence electrons. The lowest BCUT2D eigenvalue weighted by atomic mass is 10.1. The van der Waals surface area contributed by atoms with Gasteiger partial charge in [0.2, 0.25) is 0 Å². The lowest BCUT2D eigenvalue weighted by molar-refractivity contribution is 0.206. The van der Waals surface area contributed by atoms with E-state index in [0.717, 1.165) is 25.1 Å². The van der Waals surface area contributed by atoms with Gasteiger partial charge in [-0.05, 0) is 51.3 Å². The predicted molar refractivity (Wildman–Crippen MR) is 64.3 cm³/mol. The first-order valence-corrected chi connectivity index (χ1v) is 5.58. The van der Waals surface area contributed by atoms with Gasteiger partial charge in [0, 0.05) is 0 Å². The van der Waals surface area contributed by atoms with Gasteiger partial charge in [-0.3, -0.25) is 0 Å². The van der Waals surface area contributed by atoms with Crippen LogP contribution in [0.2, 0.25) is 0 Å². The molecule has 0 bridgehead atoms. The molecule has 0 saturated heterocycles. The largest absolute Gasteiger partial charge is 0.490 e. The summed E-state index contributed by atoms with van der Waals surface area (Å²) >= 11 is 0. The van der Waals surface area contributed by atoms with Crippen molar-refractivity contribution in [3.05, 3.63) is 29.3 Å². The quantitative estimate of drug-likeness (QED) is 0.805. The van der Waals surface area contributed by atoms with E-state index in [2.05, 4.69) is 39.0 Å². The highest BCUT2D eigenvalue weighted by Crippen LogP contribution is 2.24. The van der Waals surface area contributed by atoms with Crippen LogP contribution in [0.25, 0.3) is 0 Å². The van der Waals surface area contributed by atoms with Crippen LogP contribution >= 0.6 is 0 Å². The lowest BCUT2D eigenvalue weighted by Crippen LogP contribution is -2.15. The monoisotopic (exact) mass is 207 g/mol. The molecule has 0 heterocycles. The average molecular weight is 207 g/mol. The van der Waals surface area contributed by atoms with E-state index in [1.54, 1.807) is 0 Å². The van der Waals surface area contributed by atoms with Crippen LogP contribution in [0.5, 0.6) is 5.75 Å². The number of rotatable bonds is 5. The maximum absolute atomic E-state index is 5.92. The normalized spacial score (nSPS) is 12.5. The topological polar surface area (TPSA) is 35.2 Å². The standard InChI is InChI=1S/C13H21NO/c1-10-6-4-7-11(2)13(10)15-12(3)8-5-9-14/h4,6-7,12H,5,8-9,14H2,1-3H3. The summed E-state index contributed by atoms with van der Waals surface area (Å²) in [6.07, 6.45) is 2.28. The molecule has 2 heteroatoms. The Labute approximate surface area is 92.4 Å². The summed E-state index contributed by atoms with van der Waals surface area (Å²) < 4.78 is 5.92. The van der Waals surface area contributed by atoms with Crippen molar-refractivity contribution in [3.8, 4) is 5.75 Å². The Kier molecular flexibility index (Phi) is 4.63. The third-order valence-electron chi connectivity index (χ3n) is 2.54. The Morgan fingerprint density at radius 1 is 1.27 bits per heavy atom. The molecule has 0 aliphatic carbocycles. The smallest absolute Gasteiger partial charge is 0.125 e. The highest BCUT2D eigenvalue weighted by atomic mass is 16.5. The molecule has 2 nitrogen and oxygen atoms in total. The minimum Gasteiger partial charge on any atom is -0.490 e. The highest BCUT2D eigenvalue weighted by molar-refractivity contribution is 5.39. The van der Waals surface area contributed by atoms with Crippen molar-refractivity contribution in [2.24, 2.45) is 5.73 Å². The van der Waals surface area contributed by atoms with Crippen LogP contribution in [0.3, 0.4) is 0 Å². The van der Waals surface area contributed by atoms with Gasteiger partial charge in [-0.15, -0.1) is 0 Å². The van der Waals surface area contributed by atoms with Crippen LogP contribution in [-0.4, -0.2) is 12.6 Å². The molecule has 1 aromatic carbocycles. The fourth-order valence-electron chi connectivity index (χ4n) is 1.65. The van der Waals surface area contributed by atoms with E-state index >= 15 is 0 Å². The number of ether oxygens (including phenoxy) is 1. The second kappa shape index (κ2) is 5.76. The molecule has 0 saturated carbocycles. The first-order chi connectivity index (χ1) is 7.15. The molecule has 0 radical (unpaired) electrons. The summed E-state index contributed by atoms with van der Waals surface area (Å²) in [7, 11) is 0. The summed E-state index contributed by atoms with van der Waals surface area (Å²) in [4.78, 5) is 0. The van der Waals surface area contributed by atoms with Crippen molar-refractivity contribution in [2.45, 2.75) is 39.7 Å². The van der Waals surface area contributed by atoms with Gasteiger partial charge in [0.1, 0.15) is 5.75 Å². The van der Waals surface area contributed by atoms with Gasteiger partial charge in [-0.25, -0.2) is 0 Å². The molecule has 2 N–H and O–H groups in total. The second-order valence-corrected chi connectivity index (χ2v) is 4.08. The Hall–Kier alpha value is -1.02. The second-order valence-electron chi connectivity index (χ2n) is 4.08. The average Bonchev–Trinajstić information content (AvgIpc) is 2.21. The van der Waals surface area contributed by atoms with Crippen molar-refractivity contribution in [1.29, 1.82) is 0 Å². The lowest BCUT2D eigenvalue weighted by Gasteiger charge is -2.17. The predicted octanol–water partition coefficient (Wildman–Crippen LogP) is 2.81. The molecule has 0 aliphatic rings. The van der Waals surface area contributed by atoms with E-state index in [-0.39, 0.29) is 6.10 Å². The van der Waals surface area contributed by atoms with E-state index in [9.17, 15) is 0 Å². The Morgan fingerprint density at radius 3 is 2.40 bits per heavy atom. The van der Waals surface area contributed by atoms with Crippen molar-refractivity contribution < 1.29 is 4.74 Å². The molecule has 0 fully saturated rings. The van der Waals surface area contributed by atoms with E-state index in [1.807, 2.05) is 0 Å². The maximum atomic E-state index is 5.92. The van der Waals surface area contributed by atoms with Crippen molar-refractivity contribution >= 4 is 0 Å². The van der Waals surface area contributed by atoms with Gasteiger partial charge in [0.15, 0.2) is 0 Å². The third kappa shape index (κ3) is 3.56. The van der Waals surface area contributed by atoms with E-state index < -0.39 is 0 Å². The SMILES string of the molecule is Cc1cccc(C)c1OC(C)CCCN. The third-order valence-corrected chi connectivity index (χ3v) is 2.54. The van der Waals surface area contributed by atoms with Crippen LogP contribution in [0.1, 0.15) is 30.9 Å². The van der Waals surface area contributed by atoms with Crippen LogP contribution in [0.15, 0.2) is 18.2 Å². The summed E-state index contributed by atoms with van der Waals surface area (Å²) in [6, 6.07) is 6.22. The number of nitrogens with two attached hydrogens (primary N) is 1. The summed E-state index contributed by atoms with van der Waals surface area (Å²) in [5.41, 5.74) is 7.88. The molecule has 1 atom stereocenters. The van der Waals surface area contributed by atoms with Gasteiger partial charge < -0.3 is 10.5 Å². The Balaban J connectivity index is 2.63. The first kappa shape index (κ1) is 12.1. The minimum absolute atomic E-state index is 0.244. The molecule has 1 rings (SSSR count). The van der Waals surface area contributed by atoms with E-state index in [0.29, 0.717) is 0 Å². The van der Waals surface area contributed by atoms with Crippen LogP contribution < -0.4 is 10.5 Å². The van der Waals surface area contributed by atoms with Gasteiger partial charge in [-0.2, -0.15) is 0 Å². The number of hydrogen-bond acceptors (Lipinski definition) is 2. The molecule has 15 heavy (non-hydrogen) atoms. The zero-order valence-electron chi connectivity index (χ0n) is 9.92. The summed E-state index contributed by atoms with van der Waals surface area (Å²) in [6.45, 7) is 7.00. The van der Waals surface area contributed by atoms with Crippen LogP contribution in [-0.2, 0) is 0 Å². The van der Waals surface area contributed by atoms with Gasteiger partial charge in [0.05, 0.1) is 6.10 Å². The molecule has 0 aromatic heterocycles. The van der Waals surface area contributed by atoms with Crippen molar-refractivity contribution in [2.75, 3.05) is 6.54 Å². The number of benzene rings is 1. The summed E-state index contributed by atoms with van der Waals surface area (Å²) in [5.74, 6) is 1.03. The zero-order valence-corrected chi connectivity index (χ0v) is 9.92. The number of para-hydroxylation sites is 1. The van der Waals surface area contributed by atoms with E-state index in [4.69, 9.17) is 10.5 Å². The van der Waals surface area contributed by atoms with Gasteiger partial charge in [0.25, 0.3) is 0 Å². The van der Waals surface area contributed by atoms with E-state index in [1.165, 1.54) is 11.1 Å². The maximum Gasteiger partial charge on any atom is 0.125 e.